The second kappa shape index (κ2) is 8.65. The Morgan fingerprint density at radius 2 is 1.88 bits per heavy atom. The number of nitrogens with zero attached hydrogens (tertiary/aromatic N) is 2. The van der Waals surface area contributed by atoms with E-state index < -0.39 is 0 Å². The van der Waals surface area contributed by atoms with Gasteiger partial charge >= 0.3 is 0 Å². The number of aromatic nitrogens is 2. The molecule has 0 aliphatic heterocycles. The van der Waals surface area contributed by atoms with E-state index in [0.29, 0.717) is 17.3 Å². The maximum Gasteiger partial charge on any atom is 0.270 e. The zero-order valence-electron chi connectivity index (χ0n) is 15.4. The number of methoxy groups -OCH3 is 1. The Kier molecular flexibility index (Phi) is 6.04. The molecule has 1 aromatic carbocycles. The summed E-state index contributed by atoms with van der Waals surface area (Å²) in [6.45, 7) is 1.79. The first-order chi connectivity index (χ1) is 12.6. The van der Waals surface area contributed by atoms with E-state index in [1.54, 1.807) is 20.1 Å². The second-order valence-electron chi connectivity index (χ2n) is 6.70. The Bertz CT molecular complexity index is 755. The highest BCUT2D eigenvalue weighted by Crippen LogP contribution is 2.21. The molecule has 1 aliphatic carbocycles. The van der Waals surface area contributed by atoms with Crippen LogP contribution in [0.2, 0.25) is 0 Å². The quantitative estimate of drug-likeness (QED) is 0.794. The van der Waals surface area contributed by atoms with E-state index in [4.69, 9.17) is 4.74 Å². The summed E-state index contributed by atoms with van der Waals surface area (Å²) in [4.78, 5) is 21.3. The first-order valence-corrected chi connectivity index (χ1v) is 9.21. The molecule has 0 saturated heterocycles. The van der Waals surface area contributed by atoms with Crippen LogP contribution in [0.4, 0.5) is 11.5 Å². The van der Waals surface area contributed by atoms with Crippen LogP contribution in [0.15, 0.2) is 30.3 Å². The molecule has 26 heavy (non-hydrogen) atoms. The summed E-state index contributed by atoms with van der Waals surface area (Å²) in [6, 6.07) is 9.51. The third-order valence-electron chi connectivity index (χ3n) is 4.60. The molecule has 138 valence electrons. The van der Waals surface area contributed by atoms with Gasteiger partial charge in [-0.15, -0.1) is 0 Å². The molecule has 1 fully saturated rings. The number of aryl methyl sites for hydroxylation is 1. The molecule has 0 bridgehead atoms. The first-order valence-electron chi connectivity index (χ1n) is 9.21. The fourth-order valence-electron chi connectivity index (χ4n) is 3.28. The summed E-state index contributed by atoms with van der Waals surface area (Å²) < 4.78 is 5.24. The standard InChI is InChI=1S/C20H26N4O2/c1-14-21-18(20(25)24-15-8-5-3-4-6-9-15)13-19(22-14)23-16-10-7-11-17(12-16)26-2/h7,10-13,15H,3-6,8-9H2,1-2H3,(H,24,25)(H,21,22,23). The minimum atomic E-state index is -0.129. The van der Waals surface area contributed by atoms with Crippen LogP contribution < -0.4 is 15.4 Å². The van der Waals surface area contributed by atoms with Crippen molar-refractivity contribution < 1.29 is 9.53 Å². The van der Waals surface area contributed by atoms with Crippen LogP contribution in [0, 0.1) is 6.92 Å². The maximum absolute atomic E-state index is 12.6. The van der Waals surface area contributed by atoms with Gasteiger partial charge in [-0.3, -0.25) is 4.79 Å². The lowest BCUT2D eigenvalue weighted by atomic mass is 10.1. The first kappa shape index (κ1) is 18.2. The lowest BCUT2D eigenvalue weighted by molar-refractivity contribution is 0.0928. The number of nitrogens with one attached hydrogen (secondary N) is 2. The number of amides is 1. The van der Waals surface area contributed by atoms with Gasteiger partial charge in [0.15, 0.2) is 0 Å². The van der Waals surface area contributed by atoms with Crippen LogP contribution in [0.25, 0.3) is 0 Å². The van der Waals surface area contributed by atoms with Crippen molar-refractivity contribution in [3.05, 3.63) is 41.9 Å². The summed E-state index contributed by atoms with van der Waals surface area (Å²) in [5.41, 5.74) is 1.24. The monoisotopic (exact) mass is 354 g/mol. The van der Waals surface area contributed by atoms with Crippen LogP contribution in [0.3, 0.4) is 0 Å². The lowest BCUT2D eigenvalue weighted by Crippen LogP contribution is -2.35. The van der Waals surface area contributed by atoms with Gasteiger partial charge in [0, 0.05) is 23.9 Å². The SMILES string of the molecule is COc1cccc(Nc2cc(C(=O)NC3CCCCCC3)nc(C)n2)c1. The summed E-state index contributed by atoms with van der Waals surface area (Å²) in [6.07, 6.45) is 6.96. The molecule has 6 nitrogen and oxygen atoms in total. The number of rotatable bonds is 5. The highest BCUT2D eigenvalue weighted by Gasteiger charge is 2.17. The fraction of sp³-hybridized carbons (Fsp3) is 0.450. The molecule has 6 heteroatoms. The zero-order valence-corrected chi connectivity index (χ0v) is 15.4. The number of anilines is 2. The molecule has 2 N–H and O–H groups in total. The van der Waals surface area contributed by atoms with Crippen molar-refractivity contribution in [2.24, 2.45) is 0 Å². The number of ether oxygens (including phenoxy) is 1. The van der Waals surface area contributed by atoms with Crippen molar-refractivity contribution in [1.29, 1.82) is 0 Å². The largest absolute Gasteiger partial charge is 0.497 e. The molecular weight excluding hydrogens is 328 g/mol. The fourth-order valence-corrected chi connectivity index (χ4v) is 3.28. The van der Waals surface area contributed by atoms with Gasteiger partial charge in [-0.25, -0.2) is 9.97 Å². The Hall–Kier alpha value is -2.63. The minimum absolute atomic E-state index is 0.129. The summed E-state index contributed by atoms with van der Waals surface area (Å²) in [5.74, 6) is 1.78. The Labute approximate surface area is 154 Å². The topological polar surface area (TPSA) is 76.1 Å². The highest BCUT2D eigenvalue weighted by atomic mass is 16.5. The molecule has 0 spiro atoms. The van der Waals surface area contributed by atoms with Gasteiger partial charge in [-0.05, 0) is 31.9 Å². The van der Waals surface area contributed by atoms with E-state index in [9.17, 15) is 4.79 Å². The van der Waals surface area contributed by atoms with Gasteiger partial charge in [-0.1, -0.05) is 31.7 Å². The van der Waals surface area contributed by atoms with E-state index in [-0.39, 0.29) is 11.9 Å². The van der Waals surface area contributed by atoms with Crippen LogP contribution in [0.5, 0.6) is 5.75 Å². The third kappa shape index (κ3) is 4.94. The van der Waals surface area contributed by atoms with Crippen molar-refractivity contribution in [3.8, 4) is 5.75 Å². The zero-order chi connectivity index (χ0) is 18.4. The highest BCUT2D eigenvalue weighted by molar-refractivity contribution is 5.93. The summed E-state index contributed by atoms with van der Waals surface area (Å²) in [5, 5.41) is 6.35. The molecule has 1 aromatic heterocycles. The van der Waals surface area contributed by atoms with Gasteiger partial charge < -0.3 is 15.4 Å². The van der Waals surface area contributed by atoms with E-state index in [1.165, 1.54) is 25.7 Å². The predicted octanol–water partition coefficient (Wildman–Crippen LogP) is 3.99. The average molecular weight is 354 g/mol. The van der Waals surface area contributed by atoms with E-state index in [1.807, 2.05) is 24.3 Å². The Morgan fingerprint density at radius 1 is 1.12 bits per heavy atom. The van der Waals surface area contributed by atoms with E-state index in [2.05, 4.69) is 20.6 Å². The maximum atomic E-state index is 12.6. The molecule has 1 aliphatic rings. The van der Waals surface area contributed by atoms with Crippen molar-refractivity contribution in [2.45, 2.75) is 51.5 Å². The van der Waals surface area contributed by atoms with Gasteiger partial charge in [0.2, 0.25) is 0 Å². The number of hydrogen-bond donors (Lipinski definition) is 2. The van der Waals surface area contributed by atoms with Gasteiger partial charge in [0.1, 0.15) is 23.1 Å². The summed E-state index contributed by atoms with van der Waals surface area (Å²) in [7, 11) is 1.63. The lowest BCUT2D eigenvalue weighted by Gasteiger charge is -2.16. The van der Waals surface area contributed by atoms with Crippen LogP contribution in [0.1, 0.15) is 54.8 Å². The Balaban J connectivity index is 1.72. The van der Waals surface area contributed by atoms with Crippen molar-refractivity contribution in [2.75, 3.05) is 12.4 Å². The second-order valence-corrected chi connectivity index (χ2v) is 6.70. The van der Waals surface area contributed by atoms with E-state index in [0.717, 1.165) is 24.3 Å². The van der Waals surface area contributed by atoms with Crippen molar-refractivity contribution in [1.82, 2.24) is 15.3 Å². The average Bonchev–Trinajstić information content (AvgIpc) is 2.90. The normalized spacial score (nSPS) is 15.2. The summed E-state index contributed by atoms with van der Waals surface area (Å²) >= 11 is 0. The molecule has 0 unspecified atom stereocenters. The Morgan fingerprint density at radius 3 is 2.62 bits per heavy atom. The van der Waals surface area contributed by atoms with Gasteiger partial charge in [0.25, 0.3) is 5.91 Å². The van der Waals surface area contributed by atoms with Crippen LogP contribution in [-0.4, -0.2) is 29.0 Å². The number of benzene rings is 1. The van der Waals surface area contributed by atoms with Crippen molar-refractivity contribution in [3.63, 3.8) is 0 Å². The van der Waals surface area contributed by atoms with Crippen LogP contribution in [-0.2, 0) is 0 Å². The molecule has 2 aromatic rings. The van der Waals surface area contributed by atoms with Gasteiger partial charge in [0.05, 0.1) is 7.11 Å². The molecular formula is C20H26N4O2. The van der Waals surface area contributed by atoms with E-state index >= 15 is 0 Å². The van der Waals surface area contributed by atoms with Gasteiger partial charge in [-0.2, -0.15) is 0 Å². The predicted molar refractivity (Wildman–Crippen MR) is 102 cm³/mol. The molecule has 1 saturated carbocycles. The minimum Gasteiger partial charge on any atom is -0.497 e. The molecule has 1 amide bonds. The van der Waals surface area contributed by atoms with Crippen molar-refractivity contribution >= 4 is 17.4 Å². The molecule has 3 rings (SSSR count). The molecule has 1 heterocycles. The van der Waals surface area contributed by atoms with Crippen LogP contribution >= 0.6 is 0 Å². The number of hydrogen-bond acceptors (Lipinski definition) is 5. The molecule has 0 radical (unpaired) electrons. The smallest absolute Gasteiger partial charge is 0.270 e. The number of carbonyl (C=O) groups is 1. The number of carbonyl (C=O) groups excluding carboxylic acids is 1. The third-order valence-corrected chi connectivity index (χ3v) is 4.60. The molecule has 0 atom stereocenters.